The molecule has 8 bridgehead atoms. The second kappa shape index (κ2) is 32.3. The predicted molar refractivity (Wildman–Crippen MR) is 436 cm³/mol. The number of aromatic amines is 2. The van der Waals surface area contributed by atoms with Gasteiger partial charge in [-0.25, -0.2) is 9.97 Å². The highest BCUT2D eigenvalue weighted by atomic mass is 16.2. The number of aryl methyl sites for hydroxylation is 4. The third-order valence-corrected chi connectivity index (χ3v) is 23.7. The second-order valence-corrected chi connectivity index (χ2v) is 33.2. The molecule has 0 aliphatic carbocycles. The summed E-state index contributed by atoms with van der Waals surface area (Å²) in [6.45, 7) is 36.6. The smallest absolute Gasteiger partial charge is 0.261 e. The predicted octanol–water partition coefficient (Wildman–Crippen LogP) is 24.5. The molecule has 11 nitrogen and oxygen atoms in total. The minimum absolute atomic E-state index is 0.0949. The summed E-state index contributed by atoms with van der Waals surface area (Å²) < 4.78 is 0. The van der Waals surface area contributed by atoms with Gasteiger partial charge in [-0.2, -0.15) is 0 Å². The average Bonchev–Trinajstić information content (AvgIpc) is 1.05. The zero-order chi connectivity index (χ0) is 73.9. The molecule has 11 heteroatoms. The van der Waals surface area contributed by atoms with E-state index in [9.17, 15) is 19.2 Å². The van der Waals surface area contributed by atoms with Crippen LogP contribution in [0.25, 0.3) is 77.4 Å². The maximum Gasteiger partial charge on any atom is 0.261 e. The largest absolute Gasteiger partial charge is 0.371 e. The molecule has 7 aromatic rings. The van der Waals surface area contributed by atoms with Gasteiger partial charge in [0.25, 0.3) is 23.6 Å². The van der Waals surface area contributed by atoms with Crippen LogP contribution in [-0.4, -0.2) is 79.0 Å². The Hall–Kier alpha value is -8.18. The Morgan fingerprint density at radius 2 is 0.817 bits per heavy atom. The highest BCUT2D eigenvalue weighted by molar-refractivity contribution is 6.33. The summed E-state index contributed by atoms with van der Waals surface area (Å²) in [4.78, 5) is 83.4. The van der Waals surface area contributed by atoms with Crippen molar-refractivity contribution in [2.24, 2.45) is 0 Å². The third kappa shape index (κ3) is 15.0. The third-order valence-electron chi connectivity index (χ3n) is 23.7. The van der Waals surface area contributed by atoms with Gasteiger partial charge in [-0.15, -0.1) is 0 Å². The van der Waals surface area contributed by atoms with Gasteiger partial charge in [-0.3, -0.25) is 29.0 Å². The van der Waals surface area contributed by atoms with E-state index in [4.69, 9.17) is 9.97 Å². The van der Waals surface area contributed by atoms with Crippen molar-refractivity contribution in [1.29, 1.82) is 0 Å². The van der Waals surface area contributed by atoms with E-state index >= 15 is 0 Å². The molecular formula is C93H119N7O4. The molecule has 1 saturated heterocycles. The highest BCUT2D eigenvalue weighted by Crippen LogP contribution is 2.48. The van der Waals surface area contributed by atoms with Crippen LogP contribution in [0.2, 0.25) is 0 Å². The first kappa shape index (κ1) is 75.5. The fraction of sp³-hybridized carbons (Fsp3) is 0.505. The summed E-state index contributed by atoms with van der Waals surface area (Å²) in [7, 11) is 0. The second-order valence-electron chi connectivity index (χ2n) is 33.2. The molecule has 8 heterocycles. The van der Waals surface area contributed by atoms with Crippen LogP contribution in [0, 0.1) is 13.8 Å². The molecule has 0 saturated carbocycles. The van der Waals surface area contributed by atoms with Crippen molar-refractivity contribution >= 4 is 84.4 Å². The molecule has 1 fully saturated rings. The van der Waals surface area contributed by atoms with Crippen molar-refractivity contribution in [2.45, 2.75) is 288 Å². The summed E-state index contributed by atoms with van der Waals surface area (Å²) in [6, 6.07) is 27.9. The number of unbranched alkanes of at least 4 members (excludes halogenated alkanes) is 15. The van der Waals surface area contributed by atoms with E-state index in [1.807, 2.05) is 0 Å². The Balaban J connectivity index is 1.01. The average molecular weight is 1400 g/mol. The minimum atomic E-state index is -0.363. The maximum absolute atomic E-state index is 14.8. The van der Waals surface area contributed by atoms with Gasteiger partial charge in [0.1, 0.15) is 0 Å². The van der Waals surface area contributed by atoms with E-state index in [1.54, 1.807) is 24.3 Å². The van der Waals surface area contributed by atoms with Crippen molar-refractivity contribution in [3.63, 3.8) is 0 Å². The van der Waals surface area contributed by atoms with E-state index < -0.39 is 0 Å². The van der Waals surface area contributed by atoms with Gasteiger partial charge < -0.3 is 14.9 Å². The van der Waals surface area contributed by atoms with Gasteiger partial charge in [0.2, 0.25) is 0 Å². The Labute approximate surface area is 621 Å². The highest BCUT2D eigenvalue weighted by Gasteiger charge is 2.43. The number of hydrogen-bond acceptors (Lipinski definition) is 7. The van der Waals surface area contributed by atoms with Gasteiger partial charge in [0.05, 0.1) is 33.8 Å². The maximum atomic E-state index is 14.8. The van der Waals surface area contributed by atoms with Gasteiger partial charge in [-0.1, -0.05) is 203 Å². The van der Waals surface area contributed by atoms with Crippen molar-refractivity contribution in [3.05, 3.63) is 157 Å². The van der Waals surface area contributed by atoms with Crippen LogP contribution in [-0.2, 0) is 23.7 Å². The molecule has 3 aromatic heterocycles. The number of nitrogens with one attached hydrogen (secondary N) is 2. The summed E-state index contributed by atoms with van der Waals surface area (Å²) in [5.74, 6) is -1.45. The Morgan fingerprint density at radius 3 is 1.22 bits per heavy atom. The molecule has 0 spiro atoms. The van der Waals surface area contributed by atoms with E-state index in [2.05, 4.69) is 173 Å². The molecular weight excluding hydrogens is 1280 g/mol. The van der Waals surface area contributed by atoms with Crippen LogP contribution < -0.4 is 4.90 Å². The van der Waals surface area contributed by atoms with Crippen molar-refractivity contribution in [1.82, 2.24) is 29.7 Å². The summed E-state index contributed by atoms with van der Waals surface area (Å²) >= 11 is 0. The van der Waals surface area contributed by atoms with Gasteiger partial charge in [0.15, 0.2) is 0 Å². The molecule has 5 aliphatic heterocycles. The number of rotatable bonds is 29. The fourth-order valence-corrected chi connectivity index (χ4v) is 17.3. The van der Waals surface area contributed by atoms with Gasteiger partial charge in [0, 0.05) is 86.6 Å². The van der Waals surface area contributed by atoms with E-state index in [0.717, 1.165) is 152 Å². The topological polar surface area (TPSA) is 135 Å². The molecule has 4 amide bonds. The number of benzene rings is 4. The van der Waals surface area contributed by atoms with E-state index in [0.29, 0.717) is 65.5 Å². The van der Waals surface area contributed by atoms with Crippen LogP contribution in [0.1, 0.15) is 342 Å². The monoisotopic (exact) mass is 1400 g/mol. The zero-order valence-corrected chi connectivity index (χ0v) is 66.0. The number of aromatic nitrogens is 4. The molecule has 12 rings (SSSR count). The lowest BCUT2D eigenvalue weighted by molar-refractivity contribution is 0.0510. The fourth-order valence-electron chi connectivity index (χ4n) is 17.3. The van der Waals surface area contributed by atoms with Gasteiger partial charge in [-0.05, 0) is 224 Å². The first-order valence-electron chi connectivity index (χ1n) is 40.6. The number of nitrogens with zero attached hydrogens (tertiary/aromatic N) is 5. The van der Waals surface area contributed by atoms with Gasteiger partial charge >= 0.3 is 0 Å². The molecule has 0 radical (unpaired) electrons. The number of piperidine rings is 1. The summed E-state index contributed by atoms with van der Waals surface area (Å²) in [5.41, 5.74) is 28.8. The molecule has 0 unspecified atom stereocenters. The lowest BCUT2D eigenvalue weighted by Gasteiger charge is -2.40. The number of imide groups is 2. The normalized spacial score (nSPS) is 15.2. The lowest BCUT2D eigenvalue weighted by Crippen LogP contribution is -2.52. The number of carbonyl (C=O) groups is 4. The first-order chi connectivity index (χ1) is 50.0. The number of fused-ring (bicyclic) bond motifs is 8. The van der Waals surface area contributed by atoms with E-state index in [-0.39, 0.29) is 40.5 Å². The Bertz CT molecular complexity index is 4560. The number of allylic oxidation sites excluding steroid dienone is 4. The van der Waals surface area contributed by atoms with Crippen molar-refractivity contribution in [3.8, 4) is 22.3 Å². The first-order valence-corrected chi connectivity index (χ1v) is 40.6. The minimum Gasteiger partial charge on any atom is -0.371 e. The Morgan fingerprint density at radius 1 is 0.433 bits per heavy atom. The van der Waals surface area contributed by atoms with Crippen molar-refractivity contribution in [2.75, 3.05) is 24.5 Å². The van der Waals surface area contributed by atoms with Crippen LogP contribution in [0.5, 0.6) is 0 Å². The Kier molecular flexibility index (Phi) is 23.4. The van der Waals surface area contributed by atoms with E-state index in [1.165, 1.54) is 141 Å². The zero-order valence-electron chi connectivity index (χ0n) is 66.0. The van der Waals surface area contributed by atoms with Crippen LogP contribution >= 0.6 is 0 Å². The van der Waals surface area contributed by atoms with Crippen molar-refractivity contribution < 1.29 is 19.2 Å². The quantitative estimate of drug-likeness (QED) is 0.0352. The van der Waals surface area contributed by atoms with Crippen LogP contribution in [0.4, 0.5) is 5.69 Å². The number of H-pyrrole nitrogens is 2. The molecule has 4 aromatic carbocycles. The van der Waals surface area contributed by atoms with Crippen LogP contribution in [0.3, 0.4) is 0 Å². The molecule has 0 atom stereocenters. The lowest BCUT2D eigenvalue weighted by atomic mass is 9.78. The molecule has 104 heavy (non-hydrogen) atoms. The molecule has 5 aliphatic rings. The molecule has 550 valence electrons. The number of hydrogen-bond donors (Lipinski definition) is 2. The van der Waals surface area contributed by atoms with Crippen LogP contribution in [0.15, 0.2) is 78.9 Å². The number of amides is 4. The number of anilines is 1. The summed E-state index contributed by atoms with van der Waals surface area (Å²) in [5, 5.41) is 0.856. The molecule has 2 N–H and O–H groups in total. The summed E-state index contributed by atoms with van der Waals surface area (Å²) in [6.07, 6.45) is 27.3. The SMILES string of the molecule is CCCCCCC1=C(C)c2nc1cc1[nH]c(c(C)c1CCCCCC)c(-c1ccc(N3CCC(N4C(=O)c5ccc6c7c(ccc(c57)C4=O)C(=O)N(CCCCCC)C6=O)CC3)cc1)c1nc(cc3[nH]c(c(C)c3CCCCCC)c2-c2cc(C(C)(C)C)cc(C(C)(C)C)c2)C(CCCCCC)=C1C. The number of carbonyl (C=O) groups excluding carboxylic acids is 4. The standard InChI is InChI=1S/C93H119N7O4/c1-16-21-26-31-36-68-58(6)84-80(62-40-42-66(43-41-62)98-51-48-67(49-52-98)100-90(103)74-46-44-72-82-73(45-47-75(83(74)82)91(100)104)89(102)99(88(72)101)50-35-30-25-20-5)85-59(7)69(37-32-27-22-17-2)77(95-85)57-79-71(39-34-29-24-19-4)61(9)87(97-79)81(63-53-64(92(10,11)12)55-65(54-63)93(13,14)15)86-60(8)70(38-33-28-23-18-3)78(96-86)56-76(68)94-84/h40-47,53-57,67,94,97H,16-39,48-52H2,1-15H3.